The number of fused-ring (bicyclic) bond motifs is 3. The van der Waals surface area contributed by atoms with Gasteiger partial charge in [0.15, 0.2) is 23.8 Å². The first-order valence-electron chi connectivity index (χ1n) is 15.1. The Morgan fingerprint density at radius 3 is 2.63 bits per heavy atom. The third-order valence-corrected chi connectivity index (χ3v) is 8.66. The number of hydrogen-bond donors (Lipinski definition) is 1. The second kappa shape index (κ2) is 12.3. The molecule has 7 rings (SSSR count). The molecule has 5 heterocycles. The number of hydrogen-bond acceptors (Lipinski definition) is 11. The Hall–Kier alpha value is -5.24. The van der Waals surface area contributed by atoms with Crippen LogP contribution in [0.3, 0.4) is 0 Å². The molecule has 0 radical (unpaired) electrons. The fraction of sp³-hybridized carbons (Fsp3) is 0.375. The summed E-state index contributed by atoms with van der Waals surface area (Å²) in [5.74, 6) is 2.16. The first-order valence-corrected chi connectivity index (χ1v) is 15.1. The van der Waals surface area contributed by atoms with Crippen molar-refractivity contribution in [1.82, 2.24) is 24.8 Å². The molecular formula is C32H33N7O7. The zero-order valence-electron chi connectivity index (χ0n) is 25.4. The molecule has 2 aliphatic heterocycles. The summed E-state index contributed by atoms with van der Waals surface area (Å²) in [6, 6.07) is 14.3. The van der Waals surface area contributed by atoms with E-state index in [2.05, 4.69) is 15.3 Å². The Bertz CT molecular complexity index is 1850. The van der Waals surface area contributed by atoms with Crippen LogP contribution in [-0.2, 0) is 22.6 Å². The molecule has 1 aliphatic carbocycles. The van der Waals surface area contributed by atoms with Crippen molar-refractivity contribution in [2.75, 3.05) is 37.2 Å². The summed E-state index contributed by atoms with van der Waals surface area (Å²) in [6.45, 7) is 1.11. The summed E-state index contributed by atoms with van der Waals surface area (Å²) in [4.78, 5) is 55.2. The lowest BCUT2D eigenvalue weighted by molar-refractivity contribution is -0.121. The summed E-state index contributed by atoms with van der Waals surface area (Å²) in [6.07, 6.45) is 2.59. The average Bonchev–Trinajstić information content (AvgIpc) is 3.41. The fourth-order valence-corrected chi connectivity index (χ4v) is 6.32. The maximum Gasteiger partial charge on any atom is 0.416 e. The van der Waals surface area contributed by atoms with Gasteiger partial charge in [-0.25, -0.2) is 14.8 Å². The van der Waals surface area contributed by atoms with Gasteiger partial charge in [-0.05, 0) is 48.7 Å². The standard InChI is InChI=1S/C32H33N7O7/c1-43-21-6-3-19(4-7-21)17-38-29(41)18-45-24-10-11-26(35-31(24)38)39-23-9-5-20(15-25(23)46-32(39)42)33-13-14-37-28(40)16-34-22-8-12-27(44-2)36-30(22)37/h3-4,6-8,10-12,16,20,23,25,33H,5,9,13-15,17-18H2,1-2H3. The van der Waals surface area contributed by atoms with Gasteiger partial charge in [-0.15, -0.1) is 0 Å². The lowest BCUT2D eigenvalue weighted by Gasteiger charge is -2.33. The maximum atomic E-state index is 13.2. The van der Waals surface area contributed by atoms with Crippen LogP contribution in [0.5, 0.6) is 17.4 Å². The van der Waals surface area contributed by atoms with Crippen LogP contribution in [0.2, 0.25) is 0 Å². The number of ether oxygens (including phenoxy) is 4. The van der Waals surface area contributed by atoms with Crippen LogP contribution in [0.15, 0.2) is 59.5 Å². The second-order valence-electron chi connectivity index (χ2n) is 11.4. The first kappa shape index (κ1) is 29.5. The van der Waals surface area contributed by atoms with Gasteiger partial charge in [-0.2, -0.15) is 4.98 Å². The van der Waals surface area contributed by atoms with E-state index in [0.717, 1.165) is 17.7 Å². The molecule has 46 heavy (non-hydrogen) atoms. The van der Waals surface area contributed by atoms with E-state index in [1.54, 1.807) is 45.7 Å². The lowest BCUT2D eigenvalue weighted by atomic mass is 9.88. The molecule has 3 aromatic heterocycles. The number of anilines is 2. The SMILES string of the molecule is COc1ccc(CN2C(=O)COc3ccc(N4C(=O)OC5CC(NCCn6c(=O)cnc7ccc(OC)nc76)CCC54)nc32)cc1. The number of amides is 2. The summed E-state index contributed by atoms with van der Waals surface area (Å²) in [5.41, 5.74) is 1.73. The smallest absolute Gasteiger partial charge is 0.416 e. The zero-order chi connectivity index (χ0) is 31.8. The number of carbonyl (C=O) groups is 2. The Kier molecular flexibility index (Phi) is 7.86. The lowest BCUT2D eigenvalue weighted by Crippen LogP contribution is -2.47. The molecule has 2 amide bonds. The molecule has 0 spiro atoms. The minimum atomic E-state index is -0.470. The molecule has 14 nitrogen and oxygen atoms in total. The molecule has 1 saturated heterocycles. The Morgan fingerprint density at radius 1 is 0.978 bits per heavy atom. The van der Waals surface area contributed by atoms with E-state index in [9.17, 15) is 14.4 Å². The maximum absolute atomic E-state index is 13.2. The Labute approximate surface area is 263 Å². The van der Waals surface area contributed by atoms with Crippen LogP contribution >= 0.6 is 0 Å². The highest BCUT2D eigenvalue weighted by Gasteiger charge is 2.47. The molecule has 14 heteroatoms. The van der Waals surface area contributed by atoms with Gasteiger partial charge >= 0.3 is 6.09 Å². The van der Waals surface area contributed by atoms with Crippen molar-refractivity contribution in [3.63, 3.8) is 0 Å². The van der Waals surface area contributed by atoms with E-state index in [0.29, 0.717) is 66.9 Å². The summed E-state index contributed by atoms with van der Waals surface area (Å²) >= 11 is 0. The van der Waals surface area contributed by atoms with Crippen LogP contribution in [-0.4, -0.2) is 77.1 Å². The predicted octanol–water partition coefficient (Wildman–Crippen LogP) is 2.67. The highest BCUT2D eigenvalue weighted by molar-refractivity contribution is 5.97. The van der Waals surface area contributed by atoms with Gasteiger partial charge in [0.1, 0.15) is 23.2 Å². The minimum absolute atomic E-state index is 0.0859. The molecule has 4 aromatic rings. The fourth-order valence-electron chi connectivity index (χ4n) is 6.32. The molecular weight excluding hydrogens is 594 g/mol. The third kappa shape index (κ3) is 5.55. The van der Waals surface area contributed by atoms with Crippen LogP contribution < -0.4 is 34.9 Å². The quantitative estimate of drug-likeness (QED) is 0.292. The highest BCUT2D eigenvalue weighted by atomic mass is 16.6. The molecule has 3 atom stereocenters. The van der Waals surface area contributed by atoms with E-state index in [1.165, 1.54) is 13.3 Å². The third-order valence-electron chi connectivity index (χ3n) is 8.66. The summed E-state index contributed by atoms with van der Waals surface area (Å²) in [5, 5.41) is 3.52. The van der Waals surface area contributed by atoms with Crippen molar-refractivity contribution in [1.29, 1.82) is 0 Å². The zero-order valence-corrected chi connectivity index (χ0v) is 25.4. The number of methoxy groups -OCH3 is 2. The van der Waals surface area contributed by atoms with E-state index >= 15 is 0 Å². The molecule has 1 aromatic carbocycles. The molecule has 0 bridgehead atoms. The average molecular weight is 628 g/mol. The van der Waals surface area contributed by atoms with Gasteiger partial charge in [0, 0.05) is 31.6 Å². The number of pyridine rings is 2. The van der Waals surface area contributed by atoms with E-state index in [4.69, 9.17) is 23.9 Å². The Balaban J connectivity index is 1.03. The van der Waals surface area contributed by atoms with Crippen LogP contribution in [0, 0.1) is 0 Å². The van der Waals surface area contributed by atoms with Gasteiger partial charge in [-0.1, -0.05) is 12.1 Å². The monoisotopic (exact) mass is 627 g/mol. The van der Waals surface area contributed by atoms with Crippen molar-refractivity contribution in [2.24, 2.45) is 0 Å². The first-order chi connectivity index (χ1) is 22.4. The number of benzene rings is 1. The van der Waals surface area contributed by atoms with Gasteiger partial charge in [0.25, 0.3) is 11.5 Å². The number of carbonyl (C=O) groups excluding carboxylic acids is 2. The van der Waals surface area contributed by atoms with Crippen molar-refractivity contribution >= 4 is 34.8 Å². The van der Waals surface area contributed by atoms with E-state index in [1.807, 2.05) is 24.3 Å². The summed E-state index contributed by atoms with van der Waals surface area (Å²) in [7, 11) is 3.13. The van der Waals surface area contributed by atoms with Gasteiger partial charge in [-0.3, -0.25) is 24.0 Å². The van der Waals surface area contributed by atoms with Crippen molar-refractivity contribution in [3.8, 4) is 17.4 Å². The van der Waals surface area contributed by atoms with Gasteiger partial charge in [0.05, 0.1) is 33.0 Å². The topological polar surface area (TPSA) is 150 Å². The van der Waals surface area contributed by atoms with Gasteiger partial charge in [0.2, 0.25) is 5.88 Å². The van der Waals surface area contributed by atoms with E-state index in [-0.39, 0.29) is 36.3 Å². The predicted molar refractivity (Wildman–Crippen MR) is 166 cm³/mol. The molecule has 3 aliphatic rings. The largest absolute Gasteiger partial charge is 0.497 e. The second-order valence-corrected chi connectivity index (χ2v) is 11.4. The number of aromatic nitrogens is 4. The van der Waals surface area contributed by atoms with Crippen molar-refractivity contribution < 1.29 is 28.5 Å². The number of nitrogens with one attached hydrogen (secondary N) is 1. The summed E-state index contributed by atoms with van der Waals surface area (Å²) < 4.78 is 23.6. The molecule has 1 N–H and O–H groups in total. The molecule has 238 valence electrons. The van der Waals surface area contributed by atoms with Crippen LogP contribution in [0.25, 0.3) is 11.2 Å². The van der Waals surface area contributed by atoms with E-state index < -0.39 is 6.09 Å². The van der Waals surface area contributed by atoms with Crippen LogP contribution in [0.4, 0.5) is 16.4 Å². The Morgan fingerprint density at radius 2 is 1.83 bits per heavy atom. The number of nitrogens with zero attached hydrogens (tertiary/aromatic N) is 6. The van der Waals surface area contributed by atoms with Crippen molar-refractivity contribution in [2.45, 2.75) is 50.5 Å². The number of rotatable bonds is 9. The normalized spacial score (nSPS) is 20.6. The molecule has 3 unspecified atom stereocenters. The van der Waals surface area contributed by atoms with Crippen molar-refractivity contribution in [3.05, 3.63) is 70.6 Å². The highest BCUT2D eigenvalue weighted by Crippen LogP contribution is 2.39. The van der Waals surface area contributed by atoms with Crippen LogP contribution in [0.1, 0.15) is 24.8 Å². The molecule has 1 saturated carbocycles. The molecule has 2 fully saturated rings. The van der Waals surface area contributed by atoms with Gasteiger partial charge < -0.3 is 24.3 Å². The minimum Gasteiger partial charge on any atom is -0.497 e.